The van der Waals surface area contributed by atoms with Crippen molar-refractivity contribution in [1.29, 1.82) is 0 Å². The van der Waals surface area contributed by atoms with E-state index in [1.165, 1.54) is 0 Å². The second-order valence-corrected chi connectivity index (χ2v) is 4.54. The van der Waals surface area contributed by atoms with Crippen molar-refractivity contribution in [2.45, 2.75) is 18.9 Å². The number of phenols is 1. The van der Waals surface area contributed by atoms with Crippen LogP contribution in [0.5, 0.6) is 11.5 Å². The van der Waals surface area contributed by atoms with E-state index in [2.05, 4.69) is 21.2 Å². The Kier molecular flexibility index (Phi) is 3.49. The number of benzene rings is 1. The zero-order valence-corrected chi connectivity index (χ0v) is 9.96. The Bertz CT molecular complexity index is 337. The molecule has 0 aromatic heterocycles. The molecular weight excluding hydrogens is 258 g/mol. The van der Waals surface area contributed by atoms with Gasteiger partial charge in [-0.1, -0.05) is 0 Å². The number of rotatable bonds is 2. The average Bonchev–Trinajstić information content (AvgIpc) is 2.25. The minimum absolute atomic E-state index is 0.238. The molecule has 0 atom stereocenters. The summed E-state index contributed by atoms with van der Waals surface area (Å²) in [5.74, 6) is 0.962. The third kappa shape index (κ3) is 2.86. The molecule has 15 heavy (non-hydrogen) atoms. The fourth-order valence-electron chi connectivity index (χ4n) is 1.68. The molecule has 82 valence electrons. The second kappa shape index (κ2) is 4.86. The number of piperidine rings is 1. The molecule has 0 saturated carbocycles. The van der Waals surface area contributed by atoms with E-state index in [4.69, 9.17) is 4.74 Å². The molecule has 1 aliphatic heterocycles. The van der Waals surface area contributed by atoms with Gasteiger partial charge in [0.25, 0.3) is 0 Å². The third-order valence-corrected chi connectivity index (χ3v) is 3.15. The molecule has 1 aromatic rings. The first-order chi connectivity index (χ1) is 7.25. The summed E-state index contributed by atoms with van der Waals surface area (Å²) >= 11 is 3.41. The van der Waals surface area contributed by atoms with E-state index in [0.29, 0.717) is 0 Å². The van der Waals surface area contributed by atoms with E-state index in [1.807, 2.05) is 0 Å². The fourth-order valence-corrected chi connectivity index (χ4v) is 2.02. The lowest BCUT2D eigenvalue weighted by atomic mass is 10.1. The number of halogens is 1. The highest BCUT2D eigenvalue weighted by molar-refractivity contribution is 9.10. The predicted octanol–water partition coefficient (Wildman–Crippen LogP) is 2.29. The van der Waals surface area contributed by atoms with Gasteiger partial charge in [0.2, 0.25) is 0 Å². The molecule has 4 heteroatoms. The molecule has 1 aliphatic rings. The van der Waals surface area contributed by atoms with Crippen molar-refractivity contribution in [3.63, 3.8) is 0 Å². The van der Waals surface area contributed by atoms with Gasteiger partial charge < -0.3 is 15.2 Å². The zero-order chi connectivity index (χ0) is 10.7. The highest BCUT2D eigenvalue weighted by Gasteiger charge is 2.15. The summed E-state index contributed by atoms with van der Waals surface area (Å²) < 4.78 is 6.71. The Balaban J connectivity index is 2.05. The molecular formula is C11H14BrNO2. The molecule has 1 aromatic carbocycles. The van der Waals surface area contributed by atoms with E-state index in [9.17, 15) is 5.11 Å². The molecule has 1 saturated heterocycles. The predicted molar refractivity (Wildman–Crippen MR) is 62.3 cm³/mol. The van der Waals surface area contributed by atoms with Crippen LogP contribution in [-0.4, -0.2) is 24.3 Å². The summed E-state index contributed by atoms with van der Waals surface area (Å²) in [4.78, 5) is 0. The van der Waals surface area contributed by atoms with Crippen molar-refractivity contribution in [3.8, 4) is 11.5 Å². The number of phenolic OH excluding ortho intramolecular Hbond substituents is 1. The van der Waals surface area contributed by atoms with Crippen LogP contribution in [0, 0.1) is 0 Å². The number of ether oxygens (including phenoxy) is 1. The quantitative estimate of drug-likeness (QED) is 0.867. The van der Waals surface area contributed by atoms with Crippen molar-refractivity contribution >= 4 is 15.9 Å². The molecule has 0 amide bonds. The van der Waals surface area contributed by atoms with E-state index in [1.54, 1.807) is 18.2 Å². The molecule has 1 fully saturated rings. The van der Waals surface area contributed by atoms with Crippen molar-refractivity contribution in [3.05, 3.63) is 22.7 Å². The van der Waals surface area contributed by atoms with Gasteiger partial charge in [0, 0.05) is 6.07 Å². The highest BCUT2D eigenvalue weighted by atomic mass is 79.9. The summed E-state index contributed by atoms with van der Waals surface area (Å²) in [6, 6.07) is 5.08. The van der Waals surface area contributed by atoms with Crippen LogP contribution in [0.4, 0.5) is 0 Å². The number of nitrogens with one attached hydrogen (secondary N) is 1. The van der Waals surface area contributed by atoms with E-state index in [0.717, 1.165) is 36.2 Å². The van der Waals surface area contributed by atoms with Crippen molar-refractivity contribution in [1.82, 2.24) is 5.32 Å². The molecule has 0 unspecified atom stereocenters. The number of hydrogen-bond donors (Lipinski definition) is 2. The topological polar surface area (TPSA) is 41.5 Å². The smallest absolute Gasteiger partial charge is 0.137 e. The summed E-state index contributed by atoms with van der Waals surface area (Å²) in [6.45, 7) is 2.00. The second-order valence-electron chi connectivity index (χ2n) is 3.68. The van der Waals surface area contributed by atoms with Gasteiger partial charge in [-0.2, -0.15) is 0 Å². The van der Waals surface area contributed by atoms with Crippen LogP contribution >= 0.6 is 15.9 Å². The van der Waals surface area contributed by atoms with Crippen molar-refractivity contribution in [2.75, 3.05) is 13.1 Å². The maximum absolute atomic E-state index is 9.35. The fraction of sp³-hybridized carbons (Fsp3) is 0.455. The van der Waals surface area contributed by atoms with Crippen LogP contribution in [0.15, 0.2) is 22.7 Å². The van der Waals surface area contributed by atoms with Gasteiger partial charge in [0.05, 0.1) is 4.47 Å². The molecule has 0 spiro atoms. The van der Waals surface area contributed by atoms with E-state index < -0.39 is 0 Å². The normalized spacial score (nSPS) is 17.7. The van der Waals surface area contributed by atoms with Crippen LogP contribution < -0.4 is 10.1 Å². The van der Waals surface area contributed by atoms with Gasteiger partial charge >= 0.3 is 0 Å². The minimum Gasteiger partial charge on any atom is -0.508 e. The Morgan fingerprint density at radius 1 is 1.33 bits per heavy atom. The number of hydrogen-bond acceptors (Lipinski definition) is 3. The lowest BCUT2D eigenvalue weighted by Gasteiger charge is -2.24. The molecule has 2 N–H and O–H groups in total. The van der Waals surface area contributed by atoms with E-state index in [-0.39, 0.29) is 11.9 Å². The van der Waals surface area contributed by atoms with E-state index >= 15 is 0 Å². The largest absolute Gasteiger partial charge is 0.508 e. The zero-order valence-electron chi connectivity index (χ0n) is 8.37. The third-order valence-electron chi connectivity index (χ3n) is 2.49. The molecule has 0 bridgehead atoms. The summed E-state index contributed by atoms with van der Waals surface area (Å²) in [6.07, 6.45) is 2.29. The molecule has 2 rings (SSSR count). The average molecular weight is 272 g/mol. The van der Waals surface area contributed by atoms with Gasteiger partial charge in [-0.25, -0.2) is 0 Å². The molecule has 0 aliphatic carbocycles. The highest BCUT2D eigenvalue weighted by Crippen LogP contribution is 2.30. The lowest BCUT2D eigenvalue weighted by molar-refractivity contribution is 0.161. The molecule has 0 radical (unpaired) electrons. The Labute approximate surface area is 97.6 Å². The maximum atomic E-state index is 9.35. The monoisotopic (exact) mass is 271 g/mol. The van der Waals surface area contributed by atoms with Crippen LogP contribution in [0.25, 0.3) is 0 Å². The lowest BCUT2D eigenvalue weighted by Crippen LogP contribution is -2.34. The van der Waals surface area contributed by atoms with Gasteiger partial charge in [-0.05, 0) is 54.0 Å². The SMILES string of the molecule is Oc1ccc(Br)c(OC2CCNCC2)c1. The van der Waals surface area contributed by atoms with Crippen molar-refractivity contribution in [2.24, 2.45) is 0 Å². The first-order valence-corrected chi connectivity index (χ1v) is 5.91. The number of aromatic hydroxyl groups is 1. The van der Waals surface area contributed by atoms with Crippen molar-refractivity contribution < 1.29 is 9.84 Å². The van der Waals surface area contributed by atoms with Crippen LogP contribution in [0.1, 0.15) is 12.8 Å². The Morgan fingerprint density at radius 3 is 2.80 bits per heavy atom. The molecule has 3 nitrogen and oxygen atoms in total. The van der Waals surface area contributed by atoms with Crippen LogP contribution in [-0.2, 0) is 0 Å². The summed E-state index contributed by atoms with van der Waals surface area (Å²) in [7, 11) is 0. The van der Waals surface area contributed by atoms with Crippen LogP contribution in [0.2, 0.25) is 0 Å². The summed E-state index contributed by atoms with van der Waals surface area (Å²) in [5, 5.41) is 12.6. The maximum Gasteiger partial charge on any atom is 0.137 e. The molecule has 1 heterocycles. The van der Waals surface area contributed by atoms with Gasteiger partial charge in [0.15, 0.2) is 0 Å². The first-order valence-electron chi connectivity index (χ1n) is 5.11. The standard InChI is InChI=1S/C11H14BrNO2/c12-10-2-1-8(14)7-11(10)15-9-3-5-13-6-4-9/h1-2,7,9,13-14H,3-6H2. The van der Waals surface area contributed by atoms with Gasteiger partial charge in [-0.3, -0.25) is 0 Å². The van der Waals surface area contributed by atoms with Gasteiger partial charge in [-0.15, -0.1) is 0 Å². The van der Waals surface area contributed by atoms with Crippen LogP contribution in [0.3, 0.4) is 0 Å². The Morgan fingerprint density at radius 2 is 2.07 bits per heavy atom. The Hall–Kier alpha value is -0.740. The minimum atomic E-state index is 0.238. The van der Waals surface area contributed by atoms with Gasteiger partial charge in [0.1, 0.15) is 17.6 Å². The summed E-state index contributed by atoms with van der Waals surface area (Å²) in [5.41, 5.74) is 0. The first kappa shape index (κ1) is 10.8.